The fourth-order valence-electron chi connectivity index (χ4n) is 1.86. The standard InChI is InChI=1S/C14H16O.CH3.Na/c1-10(2)13-8-11-6-4-5-7-12(11)9-14(13)15-3;;/h4-10H,1-3H3;1H3;/q;-1;+1. The molecule has 2 rings (SSSR count). The van der Waals surface area contributed by atoms with E-state index in [0.717, 1.165) is 5.75 Å². The molecule has 0 saturated carbocycles. The summed E-state index contributed by atoms with van der Waals surface area (Å²) in [5.41, 5.74) is 1.27. The zero-order valence-electron chi connectivity index (χ0n) is 11.4. The van der Waals surface area contributed by atoms with Gasteiger partial charge in [0.25, 0.3) is 0 Å². The van der Waals surface area contributed by atoms with Gasteiger partial charge >= 0.3 is 29.6 Å². The molecule has 86 valence electrons. The van der Waals surface area contributed by atoms with Crippen LogP contribution in [0.4, 0.5) is 0 Å². The normalized spacial score (nSPS) is 9.65. The summed E-state index contributed by atoms with van der Waals surface area (Å²) >= 11 is 0. The maximum atomic E-state index is 5.41. The Bertz CT molecular complexity index is 477. The van der Waals surface area contributed by atoms with Crippen LogP contribution in [0.3, 0.4) is 0 Å². The average molecular weight is 238 g/mol. The van der Waals surface area contributed by atoms with Crippen molar-refractivity contribution in [2.75, 3.05) is 7.11 Å². The Labute approximate surface area is 126 Å². The fraction of sp³-hybridized carbons (Fsp3) is 0.267. The van der Waals surface area contributed by atoms with Crippen molar-refractivity contribution in [3.63, 3.8) is 0 Å². The second-order valence-electron chi connectivity index (χ2n) is 4.10. The molecule has 0 spiro atoms. The SMILES string of the molecule is COc1cc2ccccc2cc1C(C)C.[CH3-].[Na+]. The van der Waals surface area contributed by atoms with E-state index in [0.29, 0.717) is 5.92 Å². The summed E-state index contributed by atoms with van der Waals surface area (Å²) in [6.07, 6.45) is 0. The van der Waals surface area contributed by atoms with E-state index >= 15 is 0 Å². The molecule has 0 amide bonds. The van der Waals surface area contributed by atoms with E-state index in [1.165, 1.54) is 16.3 Å². The Balaban J connectivity index is 0.00000128. The van der Waals surface area contributed by atoms with E-state index < -0.39 is 0 Å². The molecule has 0 bridgehead atoms. The minimum Gasteiger partial charge on any atom is -0.496 e. The van der Waals surface area contributed by atoms with Crippen LogP contribution in [0.2, 0.25) is 0 Å². The van der Waals surface area contributed by atoms with Gasteiger partial charge in [-0.25, -0.2) is 0 Å². The third kappa shape index (κ3) is 3.48. The van der Waals surface area contributed by atoms with Gasteiger partial charge in [-0.05, 0) is 34.4 Å². The Morgan fingerprint density at radius 2 is 1.53 bits per heavy atom. The van der Waals surface area contributed by atoms with Crippen molar-refractivity contribution < 1.29 is 34.3 Å². The van der Waals surface area contributed by atoms with Gasteiger partial charge in [-0.3, -0.25) is 0 Å². The molecule has 0 atom stereocenters. The van der Waals surface area contributed by atoms with E-state index in [-0.39, 0.29) is 37.0 Å². The summed E-state index contributed by atoms with van der Waals surface area (Å²) in [6, 6.07) is 12.7. The molecule has 0 unspecified atom stereocenters. The fourth-order valence-corrected chi connectivity index (χ4v) is 1.86. The predicted octanol–water partition coefficient (Wildman–Crippen LogP) is 1.43. The molecule has 0 N–H and O–H groups in total. The molecule has 1 nitrogen and oxygen atoms in total. The first kappa shape index (κ1) is 16.5. The largest absolute Gasteiger partial charge is 1.00 e. The number of ether oxygens (including phenoxy) is 1. The van der Waals surface area contributed by atoms with Crippen molar-refractivity contribution in [3.8, 4) is 5.75 Å². The minimum absolute atomic E-state index is 0. The Hall–Kier alpha value is -0.500. The average Bonchev–Trinajstić information content (AvgIpc) is 2.27. The van der Waals surface area contributed by atoms with E-state index in [9.17, 15) is 0 Å². The number of rotatable bonds is 2. The molecule has 17 heavy (non-hydrogen) atoms. The van der Waals surface area contributed by atoms with Crippen LogP contribution in [-0.4, -0.2) is 7.11 Å². The van der Waals surface area contributed by atoms with Crippen LogP contribution in [-0.2, 0) is 0 Å². The minimum atomic E-state index is 0. The van der Waals surface area contributed by atoms with Gasteiger partial charge in [0.2, 0.25) is 0 Å². The molecule has 0 aliphatic rings. The zero-order valence-corrected chi connectivity index (χ0v) is 13.4. The molecule has 0 radical (unpaired) electrons. The molecule has 0 aliphatic heterocycles. The van der Waals surface area contributed by atoms with Crippen LogP contribution >= 0.6 is 0 Å². The van der Waals surface area contributed by atoms with Crippen LogP contribution in [0.15, 0.2) is 36.4 Å². The number of methoxy groups -OCH3 is 1. The Kier molecular flexibility index (Phi) is 6.84. The Morgan fingerprint density at radius 3 is 2.00 bits per heavy atom. The summed E-state index contributed by atoms with van der Waals surface area (Å²) in [5, 5.41) is 2.51. The zero-order chi connectivity index (χ0) is 10.8. The molecule has 0 saturated heterocycles. The summed E-state index contributed by atoms with van der Waals surface area (Å²) in [6.45, 7) is 4.37. The van der Waals surface area contributed by atoms with E-state index in [1.807, 2.05) is 0 Å². The third-order valence-electron chi connectivity index (χ3n) is 2.72. The molecule has 2 aromatic rings. The maximum Gasteiger partial charge on any atom is 1.00 e. The molecule has 0 fully saturated rings. The number of hydrogen-bond donors (Lipinski definition) is 0. The molecular weight excluding hydrogens is 219 g/mol. The second kappa shape index (κ2) is 7.05. The molecule has 2 aromatic carbocycles. The quantitative estimate of drug-likeness (QED) is 0.568. The van der Waals surface area contributed by atoms with Gasteiger partial charge in [0.05, 0.1) is 7.11 Å². The Morgan fingerprint density at radius 1 is 1.00 bits per heavy atom. The smallest absolute Gasteiger partial charge is 0.496 e. The summed E-state index contributed by atoms with van der Waals surface area (Å²) < 4.78 is 5.41. The topological polar surface area (TPSA) is 9.23 Å². The molecule has 0 aliphatic carbocycles. The van der Waals surface area contributed by atoms with Gasteiger partial charge in [-0.2, -0.15) is 0 Å². The molecule has 0 aromatic heterocycles. The van der Waals surface area contributed by atoms with Crippen LogP contribution in [0.25, 0.3) is 10.8 Å². The van der Waals surface area contributed by atoms with E-state index in [1.54, 1.807) is 7.11 Å². The van der Waals surface area contributed by atoms with Gasteiger partial charge in [-0.1, -0.05) is 38.1 Å². The first-order valence-electron chi connectivity index (χ1n) is 5.29. The third-order valence-corrected chi connectivity index (χ3v) is 2.72. The molecular formula is C15H19NaO. The van der Waals surface area contributed by atoms with Crippen molar-refractivity contribution in [1.82, 2.24) is 0 Å². The predicted molar refractivity (Wildman–Crippen MR) is 71.0 cm³/mol. The molecule has 2 heteroatoms. The van der Waals surface area contributed by atoms with Gasteiger partial charge in [0, 0.05) is 0 Å². The first-order valence-corrected chi connectivity index (χ1v) is 5.29. The van der Waals surface area contributed by atoms with Crippen LogP contribution in [0.1, 0.15) is 25.3 Å². The van der Waals surface area contributed by atoms with Crippen LogP contribution in [0, 0.1) is 7.43 Å². The van der Waals surface area contributed by atoms with E-state index in [2.05, 4.69) is 50.2 Å². The van der Waals surface area contributed by atoms with Crippen LogP contribution < -0.4 is 34.3 Å². The van der Waals surface area contributed by atoms with Crippen molar-refractivity contribution in [3.05, 3.63) is 49.4 Å². The second-order valence-corrected chi connectivity index (χ2v) is 4.10. The summed E-state index contributed by atoms with van der Waals surface area (Å²) in [4.78, 5) is 0. The maximum absolute atomic E-state index is 5.41. The summed E-state index contributed by atoms with van der Waals surface area (Å²) in [7, 11) is 1.73. The monoisotopic (exact) mass is 238 g/mol. The van der Waals surface area contributed by atoms with Crippen molar-refractivity contribution in [1.29, 1.82) is 0 Å². The van der Waals surface area contributed by atoms with Crippen LogP contribution in [0.5, 0.6) is 5.75 Å². The molecule has 0 heterocycles. The number of benzene rings is 2. The number of fused-ring (bicyclic) bond motifs is 1. The van der Waals surface area contributed by atoms with Crippen molar-refractivity contribution in [2.24, 2.45) is 0 Å². The van der Waals surface area contributed by atoms with E-state index in [4.69, 9.17) is 4.74 Å². The van der Waals surface area contributed by atoms with Gasteiger partial charge in [0.1, 0.15) is 5.75 Å². The van der Waals surface area contributed by atoms with Crippen molar-refractivity contribution >= 4 is 10.8 Å². The van der Waals surface area contributed by atoms with Gasteiger partial charge in [-0.15, -0.1) is 0 Å². The van der Waals surface area contributed by atoms with Crippen molar-refractivity contribution in [2.45, 2.75) is 19.8 Å². The number of hydrogen-bond acceptors (Lipinski definition) is 1. The van der Waals surface area contributed by atoms with Gasteiger partial charge < -0.3 is 12.2 Å². The summed E-state index contributed by atoms with van der Waals surface area (Å²) in [5.74, 6) is 1.48. The first-order chi connectivity index (χ1) is 7.22. The van der Waals surface area contributed by atoms with Gasteiger partial charge in [0.15, 0.2) is 0 Å².